The van der Waals surface area contributed by atoms with Crippen molar-refractivity contribution in [2.75, 3.05) is 39.5 Å². The first-order valence-corrected chi connectivity index (χ1v) is 8.14. The van der Waals surface area contributed by atoms with E-state index >= 15 is 0 Å². The average molecular weight is 291 g/mol. The summed E-state index contributed by atoms with van der Waals surface area (Å²) in [6.07, 6.45) is 0. The van der Waals surface area contributed by atoms with Crippen LogP contribution in [0.5, 0.6) is 5.75 Å². The highest BCUT2D eigenvalue weighted by atomic mass is 16.5. The molecule has 1 fully saturated rings. The number of hydrogen-bond acceptors (Lipinski definition) is 3. The maximum atomic E-state index is 6.01. The molecule has 0 unspecified atom stereocenters. The van der Waals surface area contributed by atoms with Gasteiger partial charge in [0.2, 0.25) is 0 Å². The fraction of sp³-hybridized carbons (Fsp3) is 0.667. The minimum atomic E-state index is 0.533. The zero-order valence-electron chi connectivity index (χ0n) is 13.9. The smallest absolute Gasteiger partial charge is 0.119 e. The van der Waals surface area contributed by atoms with E-state index in [1.807, 2.05) is 0 Å². The van der Waals surface area contributed by atoms with Crippen molar-refractivity contribution in [3.63, 3.8) is 0 Å². The molecule has 0 aromatic heterocycles. The second-order valence-electron chi connectivity index (χ2n) is 6.45. The van der Waals surface area contributed by atoms with Gasteiger partial charge in [-0.3, -0.25) is 4.90 Å². The standard InChI is InChI=1S/C18H29NO2/c1-14(2)16-11-17(15(3)4)13-18(12-16)21-10-7-19-5-8-20-9-6-19/h11-15H,5-10H2,1-4H3. The summed E-state index contributed by atoms with van der Waals surface area (Å²) in [6.45, 7) is 14.4. The summed E-state index contributed by atoms with van der Waals surface area (Å²) in [7, 11) is 0. The first-order valence-electron chi connectivity index (χ1n) is 8.14. The van der Waals surface area contributed by atoms with Crippen molar-refractivity contribution in [1.82, 2.24) is 4.90 Å². The Hall–Kier alpha value is -1.06. The van der Waals surface area contributed by atoms with Crippen LogP contribution in [0.1, 0.15) is 50.7 Å². The van der Waals surface area contributed by atoms with E-state index in [0.29, 0.717) is 11.8 Å². The molecule has 1 aliphatic rings. The number of rotatable bonds is 6. The Morgan fingerprint density at radius 2 is 1.57 bits per heavy atom. The monoisotopic (exact) mass is 291 g/mol. The van der Waals surface area contributed by atoms with Crippen molar-refractivity contribution in [2.24, 2.45) is 0 Å². The molecule has 2 rings (SSSR count). The summed E-state index contributed by atoms with van der Waals surface area (Å²) in [5.41, 5.74) is 2.73. The Morgan fingerprint density at radius 3 is 2.10 bits per heavy atom. The fourth-order valence-electron chi connectivity index (χ4n) is 2.51. The van der Waals surface area contributed by atoms with Gasteiger partial charge in [-0.15, -0.1) is 0 Å². The predicted octanol–water partition coefficient (Wildman–Crippen LogP) is 3.64. The van der Waals surface area contributed by atoms with Gasteiger partial charge in [0.25, 0.3) is 0 Å². The molecule has 118 valence electrons. The molecule has 0 saturated carbocycles. The van der Waals surface area contributed by atoms with Crippen molar-refractivity contribution in [3.05, 3.63) is 29.3 Å². The molecule has 0 N–H and O–H groups in total. The predicted molar refractivity (Wildman–Crippen MR) is 87.4 cm³/mol. The van der Waals surface area contributed by atoms with Crippen LogP contribution in [0.3, 0.4) is 0 Å². The molecule has 3 nitrogen and oxygen atoms in total. The van der Waals surface area contributed by atoms with Crippen molar-refractivity contribution >= 4 is 0 Å². The normalized spacial score (nSPS) is 16.7. The Labute approximate surface area is 129 Å². The largest absolute Gasteiger partial charge is 0.492 e. The molecule has 0 radical (unpaired) electrons. The van der Waals surface area contributed by atoms with E-state index in [0.717, 1.165) is 45.2 Å². The van der Waals surface area contributed by atoms with Crippen molar-refractivity contribution in [1.29, 1.82) is 0 Å². The van der Waals surface area contributed by atoms with E-state index in [1.165, 1.54) is 11.1 Å². The lowest BCUT2D eigenvalue weighted by Gasteiger charge is -2.26. The highest BCUT2D eigenvalue weighted by molar-refractivity contribution is 5.37. The van der Waals surface area contributed by atoms with Gasteiger partial charge in [-0.25, -0.2) is 0 Å². The van der Waals surface area contributed by atoms with Gasteiger partial charge >= 0.3 is 0 Å². The minimum absolute atomic E-state index is 0.533. The van der Waals surface area contributed by atoms with Gasteiger partial charge < -0.3 is 9.47 Å². The quantitative estimate of drug-likeness (QED) is 0.798. The summed E-state index contributed by atoms with van der Waals surface area (Å²) in [5.74, 6) is 2.08. The van der Waals surface area contributed by atoms with Crippen LogP contribution < -0.4 is 4.74 Å². The third-order valence-corrected chi connectivity index (χ3v) is 4.06. The molecule has 21 heavy (non-hydrogen) atoms. The van der Waals surface area contributed by atoms with Gasteiger partial charge in [0.1, 0.15) is 12.4 Å². The molecule has 1 heterocycles. The van der Waals surface area contributed by atoms with Crippen LogP contribution >= 0.6 is 0 Å². The van der Waals surface area contributed by atoms with Gasteiger partial charge in [-0.05, 0) is 35.1 Å². The van der Waals surface area contributed by atoms with Crippen LogP contribution in [0.2, 0.25) is 0 Å². The Kier molecular flexibility index (Phi) is 6.07. The van der Waals surface area contributed by atoms with E-state index in [-0.39, 0.29) is 0 Å². The average Bonchev–Trinajstić information content (AvgIpc) is 2.48. The first-order chi connectivity index (χ1) is 10.1. The molecule has 1 aromatic carbocycles. The second kappa shape index (κ2) is 7.81. The molecule has 0 bridgehead atoms. The summed E-state index contributed by atoms with van der Waals surface area (Å²) in [5, 5.41) is 0. The van der Waals surface area contributed by atoms with Crippen molar-refractivity contribution in [3.8, 4) is 5.75 Å². The molecule has 0 aliphatic carbocycles. The molecule has 1 aliphatic heterocycles. The Bertz CT molecular complexity index is 411. The van der Waals surface area contributed by atoms with Crippen LogP contribution in [-0.2, 0) is 4.74 Å². The van der Waals surface area contributed by atoms with Crippen LogP contribution in [0.25, 0.3) is 0 Å². The molecule has 3 heteroatoms. The number of nitrogens with zero attached hydrogens (tertiary/aromatic N) is 1. The van der Waals surface area contributed by atoms with Gasteiger partial charge in [-0.1, -0.05) is 33.8 Å². The van der Waals surface area contributed by atoms with E-state index < -0.39 is 0 Å². The van der Waals surface area contributed by atoms with Gasteiger partial charge in [0.05, 0.1) is 13.2 Å². The van der Waals surface area contributed by atoms with Gasteiger partial charge in [0.15, 0.2) is 0 Å². The van der Waals surface area contributed by atoms with E-state index in [1.54, 1.807) is 0 Å². The van der Waals surface area contributed by atoms with Crippen LogP contribution in [0, 0.1) is 0 Å². The van der Waals surface area contributed by atoms with Gasteiger partial charge in [-0.2, -0.15) is 0 Å². The van der Waals surface area contributed by atoms with Crippen molar-refractivity contribution < 1.29 is 9.47 Å². The zero-order valence-corrected chi connectivity index (χ0v) is 13.9. The minimum Gasteiger partial charge on any atom is -0.492 e. The SMILES string of the molecule is CC(C)c1cc(OCCN2CCOCC2)cc(C(C)C)c1. The number of morpholine rings is 1. The van der Waals surface area contributed by atoms with Crippen LogP contribution in [0.4, 0.5) is 0 Å². The van der Waals surface area contributed by atoms with E-state index in [4.69, 9.17) is 9.47 Å². The maximum Gasteiger partial charge on any atom is 0.119 e. The third kappa shape index (κ3) is 5.01. The van der Waals surface area contributed by atoms with E-state index in [2.05, 4.69) is 50.8 Å². The molecule has 0 spiro atoms. The first kappa shape index (κ1) is 16.3. The molecule has 1 saturated heterocycles. The fourth-order valence-corrected chi connectivity index (χ4v) is 2.51. The summed E-state index contributed by atoms with van der Waals surface area (Å²) < 4.78 is 11.4. The Morgan fingerprint density at radius 1 is 1.00 bits per heavy atom. The lowest BCUT2D eigenvalue weighted by Crippen LogP contribution is -2.38. The molecule has 0 amide bonds. The molecular formula is C18H29NO2. The molecule has 1 aromatic rings. The highest BCUT2D eigenvalue weighted by Crippen LogP contribution is 2.27. The van der Waals surface area contributed by atoms with Gasteiger partial charge in [0, 0.05) is 19.6 Å². The van der Waals surface area contributed by atoms with Crippen LogP contribution in [0.15, 0.2) is 18.2 Å². The summed E-state index contributed by atoms with van der Waals surface area (Å²) >= 11 is 0. The zero-order chi connectivity index (χ0) is 15.2. The summed E-state index contributed by atoms with van der Waals surface area (Å²) in [6, 6.07) is 6.69. The molecular weight excluding hydrogens is 262 g/mol. The Balaban J connectivity index is 1.94. The third-order valence-electron chi connectivity index (χ3n) is 4.06. The topological polar surface area (TPSA) is 21.7 Å². The van der Waals surface area contributed by atoms with Crippen LogP contribution in [-0.4, -0.2) is 44.4 Å². The lowest BCUT2D eigenvalue weighted by molar-refractivity contribution is 0.0322. The highest BCUT2D eigenvalue weighted by Gasteiger charge is 2.11. The number of ether oxygens (including phenoxy) is 2. The number of hydrogen-bond donors (Lipinski definition) is 0. The lowest BCUT2D eigenvalue weighted by atomic mass is 9.95. The van der Waals surface area contributed by atoms with E-state index in [9.17, 15) is 0 Å². The van der Waals surface area contributed by atoms with Crippen molar-refractivity contribution in [2.45, 2.75) is 39.5 Å². The number of benzene rings is 1. The summed E-state index contributed by atoms with van der Waals surface area (Å²) in [4.78, 5) is 2.40. The maximum absolute atomic E-state index is 6.01. The molecule has 0 atom stereocenters. The second-order valence-corrected chi connectivity index (χ2v) is 6.45.